The molecule has 4 heteroatoms. The number of benzene rings is 2. The lowest BCUT2D eigenvalue weighted by Crippen LogP contribution is -2.30. The Kier molecular flexibility index (Phi) is 4.01. The molecular weight excluding hydrogens is 305 g/mol. The minimum absolute atomic E-state index is 0.363. The number of nitrogen functional groups attached to an aromatic ring is 1. The highest BCUT2D eigenvalue weighted by atomic mass is 35.5. The fourth-order valence-electron chi connectivity index (χ4n) is 2.99. The average Bonchev–Trinajstić information content (AvgIpc) is 2.91. The van der Waals surface area contributed by atoms with Crippen LogP contribution in [0.25, 0.3) is 0 Å². The second kappa shape index (κ2) is 5.78. The highest BCUT2D eigenvalue weighted by molar-refractivity contribution is 6.35. The summed E-state index contributed by atoms with van der Waals surface area (Å²) in [4.78, 5) is 0. The van der Waals surface area contributed by atoms with Crippen LogP contribution in [0.1, 0.15) is 31.2 Å². The molecule has 0 heterocycles. The molecule has 0 atom stereocenters. The summed E-state index contributed by atoms with van der Waals surface area (Å²) in [5.74, 6) is 0.817. The van der Waals surface area contributed by atoms with Crippen LogP contribution in [0.2, 0.25) is 10.0 Å². The monoisotopic (exact) mass is 321 g/mol. The maximum Gasteiger partial charge on any atom is 0.135 e. The van der Waals surface area contributed by atoms with Gasteiger partial charge >= 0.3 is 0 Å². The number of anilines is 1. The van der Waals surface area contributed by atoms with E-state index in [4.69, 9.17) is 33.7 Å². The zero-order valence-corrected chi connectivity index (χ0v) is 13.1. The van der Waals surface area contributed by atoms with Crippen LogP contribution in [0.4, 0.5) is 5.69 Å². The van der Waals surface area contributed by atoms with Gasteiger partial charge in [-0.25, -0.2) is 0 Å². The van der Waals surface area contributed by atoms with Crippen molar-refractivity contribution in [2.24, 2.45) is 0 Å². The molecule has 2 aromatic rings. The number of nitrogens with two attached hydrogens (primary N) is 1. The van der Waals surface area contributed by atoms with E-state index in [-0.39, 0.29) is 5.60 Å². The molecule has 2 nitrogen and oxygen atoms in total. The van der Waals surface area contributed by atoms with E-state index >= 15 is 0 Å². The van der Waals surface area contributed by atoms with Gasteiger partial charge in [-0.1, -0.05) is 29.3 Å². The predicted molar refractivity (Wildman–Crippen MR) is 88.1 cm³/mol. The van der Waals surface area contributed by atoms with E-state index in [0.717, 1.165) is 42.7 Å². The normalized spacial score (nSPS) is 16.9. The van der Waals surface area contributed by atoms with Gasteiger partial charge in [0.1, 0.15) is 11.4 Å². The maximum absolute atomic E-state index is 6.41. The summed E-state index contributed by atoms with van der Waals surface area (Å²) in [5.41, 5.74) is 7.11. The minimum atomic E-state index is -0.363. The average molecular weight is 322 g/mol. The van der Waals surface area contributed by atoms with E-state index in [1.807, 2.05) is 36.4 Å². The van der Waals surface area contributed by atoms with Crippen molar-refractivity contribution in [2.75, 3.05) is 5.73 Å². The molecule has 21 heavy (non-hydrogen) atoms. The first kappa shape index (κ1) is 14.6. The van der Waals surface area contributed by atoms with E-state index in [1.54, 1.807) is 6.07 Å². The summed E-state index contributed by atoms with van der Waals surface area (Å²) in [6.45, 7) is 0. The van der Waals surface area contributed by atoms with Gasteiger partial charge in [0.2, 0.25) is 0 Å². The van der Waals surface area contributed by atoms with Gasteiger partial charge in [0.05, 0.1) is 0 Å². The van der Waals surface area contributed by atoms with Crippen molar-refractivity contribution in [3.63, 3.8) is 0 Å². The number of hydrogen-bond donors (Lipinski definition) is 1. The quantitative estimate of drug-likeness (QED) is 0.765. The molecule has 2 aromatic carbocycles. The molecule has 0 unspecified atom stereocenters. The minimum Gasteiger partial charge on any atom is -0.483 e. The van der Waals surface area contributed by atoms with Gasteiger partial charge in [-0.05, 0) is 62.1 Å². The van der Waals surface area contributed by atoms with Crippen LogP contribution in [0.5, 0.6) is 5.75 Å². The molecule has 0 aromatic heterocycles. The summed E-state index contributed by atoms with van der Waals surface area (Å²) in [6.07, 6.45) is 4.18. The van der Waals surface area contributed by atoms with Gasteiger partial charge in [-0.15, -0.1) is 0 Å². The van der Waals surface area contributed by atoms with Crippen molar-refractivity contribution >= 4 is 28.9 Å². The third-order valence-corrected chi connectivity index (χ3v) is 4.57. The SMILES string of the molecule is Nc1ccc(OC2(c3ccc(Cl)cc3Cl)CCCC2)cc1. The molecule has 1 aliphatic carbocycles. The largest absolute Gasteiger partial charge is 0.483 e. The van der Waals surface area contributed by atoms with Crippen LogP contribution in [0.15, 0.2) is 42.5 Å². The van der Waals surface area contributed by atoms with Crippen LogP contribution in [0, 0.1) is 0 Å². The van der Waals surface area contributed by atoms with Gasteiger partial charge < -0.3 is 10.5 Å². The lowest BCUT2D eigenvalue weighted by Gasteiger charge is -2.32. The zero-order valence-electron chi connectivity index (χ0n) is 11.6. The molecule has 0 aliphatic heterocycles. The fraction of sp³-hybridized carbons (Fsp3) is 0.294. The van der Waals surface area contributed by atoms with Gasteiger partial charge in [-0.2, -0.15) is 0 Å². The first-order valence-corrected chi connectivity index (χ1v) is 7.85. The highest BCUT2D eigenvalue weighted by Gasteiger charge is 2.39. The summed E-state index contributed by atoms with van der Waals surface area (Å²) in [7, 11) is 0. The molecule has 1 fully saturated rings. The Hall–Kier alpha value is -1.38. The molecule has 0 spiro atoms. The Morgan fingerprint density at radius 2 is 1.62 bits per heavy atom. The second-order valence-corrected chi connectivity index (χ2v) is 6.34. The van der Waals surface area contributed by atoms with Crippen LogP contribution < -0.4 is 10.5 Å². The standard InChI is InChI=1S/C17H17Cl2NO/c18-12-3-8-15(16(19)11-12)17(9-1-2-10-17)21-14-6-4-13(20)5-7-14/h3-8,11H,1-2,9-10,20H2. The van der Waals surface area contributed by atoms with Crippen molar-refractivity contribution in [3.05, 3.63) is 58.1 Å². The smallest absolute Gasteiger partial charge is 0.135 e. The summed E-state index contributed by atoms with van der Waals surface area (Å²) in [6, 6.07) is 13.1. The molecule has 0 amide bonds. The van der Waals surface area contributed by atoms with E-state index < -0.39 is 0 Å². The van der Waals surface area contributed by atoms with Crippen molar-refractivity contribution in [1.29, 1.82) is 0 Å². The molecular formula is C17H17Cl2NO. The van der Waals surface area contributed by atoms with Crippen LogP contribution in [0.3, 0.4) is 0 Å². The van der Waals surface area contributed by atoms with Gasteiger partial charge in [0.15, 0.2) is 0 Å². The van der Waals surface area contributed by atoms with Gasteiger partial charge in [0.25, 0.3) is 0 Å². The van der Waals surface area contributed by atoms with Crippen LogP contribution in [-0.2, 0) is 5.60 Å². The molecule has 2 N–H and O–H groups in total. The van der Waals surface area contributed by atoms with Crippen LogP contribution >= 0.6 is 23.2 Å². The van der Waals surface area contributed by atoms with Crippen molar-refractivity contribution in [2.45, 2.75) is 31.3 Å². The number of halogens is 2. The summed E-state index contributed by atoms with van der Waals surface area (Å²) in [5, 5.41) is 1.31. The van der Waals surface area contributed by atoms with E-state index in [0.29, 0.717) is 10.0 Å². The number of rotatable bonds is 3. The fourth-order valence-corrected chi connectivity index (χ4v) is 3.57. The molecule has 0 bridgehead atoms. The zero-order chi connectivity index (χ0) is 14.9. The third kappa shape index (κ3) is 2.97. The Bertz CT molecular complexity index is 634. The Labute approximate surface area is 134 Å². The summed E-state index contributed by atoms with van der Waals surface area (Å²) < 4.78 is 6.34. The predicted octanol–water partition coefficient (Wildman–Crippen LogP) is 5.42. The van der Waals surface area contributed by atoms with Crippen molar-refractivity contribution < 1.29 is 4.74 Å². The Morgan fingerprint density at radius 1 is 0.952 bits per heavy atom. The molecule has 1 saturated carbocycles. The topological polar surface area (TPSA) is 35.2 Å². The first-order valence-electron chi connectivity index (χ1n) is 7.09. The molecule has 1 aliphatic rings. The maximum atomic E-state index is 6.41. The van der Waals surface area contributed by atoms with E-state index in [1.165, 1.54) is 0 Å². The molecule has 110 valence electrons. The van der Waals surface area contributed by atoms with Gasteiger partial charge in [0, 0.05) is 21.3 Å². The van der Waals surface area contributed by atoms with E-state index in [2.05, 4.69) is 0 Å². The summed E-state index contributed by atoms with van der Waals surface area (Å²) >= 11 is 12.4. The number of ether oxygens (including phenoxy) is 1. The second-order valence-electron chi connectivity index (χ2n) is 5.50. The Balaban J connectivity index is 1.97. The lowest BCUT2D eigenvalue weighted by atomic mass is 9.91. The van der Waals surface area contributed by atoms with Gasteiger partial charge in [-0.3, -0.25) is 0 Å². The number of hydrogen-bond acceptors (Lipinski definition) is 2. The highest BCUT2D eigenvalue weighted by Crippen LogP contribution is 2.45. The Morgan fingerprint density at radius 3 is 2.24 bits per heavy atom. The molecule has 3 rings (SSSR count). The van der Waals surface area contributed by atoms with Crippen molar-refractivity contribution in [3.8, 4) is 5.75 Å². The molecule has 0 radical (unpaired) electrons. The lowest BCUT2D eigenvalue weighted by molar-refractivity contribution is 0.0741. The first-order chi connectivity index (χ1) is 10.1. The molecule has 0 saturated heterocycles. The third-order valence-electron chi connectivity index (χ3n) is 4.03. The van der Waals surface area contributed by atoms with E-state index in [9.17, 15) is 0 Å². The van der Waals surface area contributed by atoms with Crippen molar-refractivity contribution in [1.82, 2.24) is 0 Å². The van der Waals surface area contributed by atoms with Crippen LogP contribution in [-0.4, -0.2) is 0 Å².